The first-order valence-electron chi connectivity index (χ1n) is 4.22. The van der Waals surface area contributed by atoms with Crippen LogP contribution in [0, 0.1) is 5.92 Å². The smallest absolute Gasteiger partial charge is 0.0540 e. The van der Waals surface area contributed by atoms with Crippen molar-refractivity contribution in [2.75, 3.05) is 0 Å². The molecule has 1 nitrogen and oxygen atoms in total. The van der Waals surface area contributed by atoms with Gasteiger partial charge in [-0.15, -0.1) is 0 Å². The summed E-state index contributed by atoms with van der Waals surface area (Å²) >= 11 is 0. The van der Waals surface area contributed by atoms with Crippen LogP contribution in [-0.4, -0.2) is 6.04 Å². The van der Waals surface area contributed by atoms with Crippen LogP contribution in [0.3, 0.4) is 0 Å². The van der Waals surface area contributed by atoms with Crippen LogP contribution in [0.5, 0.6) is 0 Å². The molecular formula is C10H13N. The molecular weight excluding hydrogens is 134 g/mol. The minimum Gasteiger partial charge on any atom is -0.384 e. The molecule has 1 aliphatic heterocycles. The zero-order valence-electron chi connectivity index (χ0n) is 6.75. The number of allylic oxidation sites excluding steroid dienone is 2. The van der Waals surface area contributed by atoms with Gasteiger partial charge in [-0.05, 0) is 12.6 Å². The third-order valence-electron chi connectivity index (χ3n) is 2.35. The van der Waals surface area contributed by atoms with E-state index in [9.17, 15) is 0 Å². The fourth-order valence-electron chi connectivity index (χ4n) is 1.62. The van der Waals surface area contributed by atoms with Gasteiger partial charge in [0.15, 0.2) is 0 Å². The molecule has 58 valence electrons. The fraction of sp³-hybridized carbons (Fsp3) is 0.400. The van der Waals surface area contributed by atoms with Gasteiger partial charge in [0.05, 0.1) is 6.04 Å². The minimum absolute atomic E-state index is 0.533. The SMILES string of the molecule is CCC1=CC2C=CNC2C=C1. The van der Waals surface area contributed by atoms with Gasteiger partial charge in [0.1, 0.15) is 0 Å². The highest BCUT2D eigenvalue weighted by Gasteiger charge is 2.20. The highest BCUT2D eigenvalue weighted by Crippen LogP contribution is 2.23. The molecule has 0 bridgehead atoms. The van der Waals surface area contributed by atoms with Crippen LogP contribution >= 0.6 is 0 Å². The van der Waals surface area contributed by atoms with E-state index in [1.165, 1.54) is 5.57 Å². The first kappa shape index (κ1) is 6.71. The van der Waals surface area contributed by atoms with Crippen molar-refractivity contribution in [1.29, 1.82) is 0 Å². The van der Waals surface area contributed by atoms with E-state index in [0.717, 1.165) is 6.42 Å². The lowest BCUT2D eigenvalue weighted by Crippen LogP contribution is -2.24. The molecule has 2 atom stereocenters. The van der Waals surface area contributed by atoms with Crippen molar-refractivity contribution in [3.63, 3.8) is 0 Å². The van der Waals surface area contributed by atoms with Crippen LogP contribution in [0.1, 0.15) is 13.3 Å². The van der Waals surface area contributed by atoms with Gasteiger partial charge in [-0.2, -0.15) is 0 Å². The maximum atomic E-state index is 3.29. The van der Waals surface area contributed by atoms with Crippen LogP contribution in [0.2, 0.25) is 0 Å². The van der Waals surface area contributed by atoms with E-state index in [4.69, 9.17) is 0 Å². The lowest BCUT2D eigenvalue weighted by Gasteiger charge is -2.18. The lowest BCUT2D eigenvalue weighted by molar-refractivity contribution is 0.642. The maximum absolute atomic E-state index is 3.29. The third kappa shape index (κ3) is 1.11. The zero-order valence-corrected chi connectivity index (χ0v) is 6.75. The van der Waals surface area contributed by atoms with Crippen molar-refractivity contribution in [3.05, 3.63) is 36.1 Å². The Hall–Kier alpha value is -0.980. The molecule has 0 aromatic heterocycles. The zero-order chi connectivity index (χ0) is 7.68. The van der Waals surface area contributed by atoms with Gasteiger partial charge in [0, 0.05) is 5.92 Å². The molecule has 2 aliphatic rings. The summed E-state index contributed by atoms with van der Waals surface area (Å²) in [5.41, 5.74) is 1.46. The normalized spacial score (nSPS) is 33.0. The second kappa shape index (κ2) is 2.57. The molecule has 1 heterocycles. The van der Waals surface area contributed by atoms with Crippen molar-refractivity contribution >= 4 is 0 Å². The highest BCUT2D eigenvalue weighted by atomic mass is 14.9. The summed E-state index contributed by atoms with van der Waals surface area (Å²) in [6.45, 7) is 2.20. The van der Waals surface area contributed by atoms with Gasteiger partial charge in [-0.25, -0.2) is 0 Å². The molecule has 0 radical (unpaired) electrons. The molecule has 1 N–H and O–H groups in total. The lowest BCUT2D eigenvalue weighted by atomic mass is 9.93. The van der Waals surface area contributed by atoms with E-state index >= 15 is 0 Å². The van der Waals surface area contributed by atoms with Crippen molar-refractivity contribution < 1.29 is 0 Å². The van der Waals surface area contributed by atoms with Crippen LogP contribution < -0.4 is 5.32 Å². The fourth-order valence-corrected chi connectivity index (χ4v) is 1.62. The Morgan fingerprint density at radius 3 is 3.18 bits per heavy atom. The molecule has 2 rings (SSSR count). The van der Waals surface area contributed by atoms with E-state index in [1.54, 1.807) is 0 Å². The highest BCUT2D eigenvalue weighted by molar-refractivity contribution is 5.32. The first-order valence-corrected chi connectivity index (χ1v) is 4.22. The van der Waals surface area contributed by atoms with Crippen LogP contribution in [-0.2, 0) is 0 Å². The van der Waals surface area contributed by atoms with Gasteiger partial charge < -0.3 is 5.32 Å². The molecule has 0 saturated heterocycles. The summed E-state index contributed by atoms with van der Waals surface area (Å²) in [4.78, 5) is 0. The van der Waals surface area contributed by atoms with E-state index in [2.05, 4.69) is 42.7 Å². The second-order valence-electron chi connectivity index (χ2n) is 3.08. The maximum Gasteiger partial charge on any atom is 0.0540 e. The van der Waals surface area contributed by atoms with Crippen molar-refractivity contribution in [3.8, 4) is 0 Å². The molecule has 2 unspecified atom stereocenters. The minimum atomic E-state index is 0.533. The Bertz CT molecular complexity index is 235. The number of fused-ring (bicyclic) bond motifs is 1. The standard InChI is InChI=1S/C10H13N/c1-2-8-3-4-10-9(7-8)5-6-11-10/h3-7,9-11H,2H2,1H3. The van der Waals surface area contributed by atoms with E-state index in [0.29, 0.717) is 12.0 Å². The Morgan fingerprint density at radius 1 is 1.45 bits per heavy atom. The molecule has 0 spiro atoms. The molecule has 11 heavy (non-hydrogen) atoms. The summed E-state index contributed by atoms with van der Waals surface area (Å²) in [6, 6.07) is 0.533. The molecule has 0 amide bonds. The summed E-state index contributed by atoms with van der Waals surface area (Å²) in [7, 11) is 0. The van der Waals surface area contributed by atoms with Crippen molar-refractivity contribution in [2.45, 2.75) is 19.4 Å². The Kier molecular flexibility index (Phi) is 1.57. The van der Waals surface area contributed by atoms with Gasteiger partial charge in [-0.1, -0.05) is 36.8 Å². The number of nitrogens with one attached hydrogen (secondary N) is 1. The summed E-state index contributed by atoms with van der Waals surface area (Å²) in [5.74, 6) is 0.606. The quantitative estimate of drug-likeness (QED) is 0.598. The van der Waals surface area contributed by atoms with Gasteiger partial charge in [0.2, 0.25) is 0 Å². The molecule has 0 aromatic carbocycles. The van der Waals surface area contributed by atoms with Crippen molar-refractivity contribution in [1.82, 2.24) is 5.32 Å². The third-order valence-corrected chi connectivity index (χ3v) is 2.35. The van der Waals surface area contributed by atoms with E-state index in [-0.39, 0.29) is 0 Å². The molecule has 1 heteroatoms. The molecule has 1 aliphatic carbocycles. The molecule has 0 saturated carbocycles. The average Bonchev–Trinajstić information content (AvgIpc) is 2.50. The van der Waals surface area contributed by atoms with E-state index in [1.807, 2.05) is 0 Å². The Balaban J connectivity index is 2.19. The number of hydrogen-bond acceptors (Lipinski definition) is 1. The monoisotopic (exact) mass is 147 g/mol. The first-order chi connectivity index (χ1) is 5.40. The average molecular weight is 147 g/mol. The van der Waals surface area contributed by atoms with Gasteiger partial charge in [0.25, 0.3) is 0 Å². The molecule has 0 fully saturated rings. The van der Waals surface area contributed by atoms with Gasteiger partial charge in [-0.3, -0.25) is 0 Å². The predicted octanol–water partition coefficient (Wildman–Crippen LogP) is 1.99. The van der Waals surface area contributed by atoms with Crippen molar-refractivity contribution in [2.24, 2.45) is 5.92 Å². The summed E-state index contributed by atoms with van der Waals surface area (Å²) in [5, 5.41) is 3.29. The largest absolute Gasteiger partial charge is 0.384 e. The summed E-state index contributed by atoms with van der Waals surface area (Å²) < 4.78 is 0. The number of hydrogen-bond donors (Lipinski definition) is 1. The summed E-state index contributed by atoms with van der Waals surface area (Å²) in [6.07, 6.45) is 12.2. The molecule has 0 aromatic rings. The van der Waals surface area contributed by atoms with Crippen LogP contribution in [0.25, 0.3) is 0 Å². The van der Waals surface area contributed by atoms with E-state index < -0.39 is 0 Å². The number of rotatable bonds is 1. The Labute approximate surface area is 67.5 Å². The second-order valence-corrected chi connectivity index (χ2v) is 3.08. The van der Waals surface area contributed by atoms with Gasteiger partial charge >= 0.3 is 0 Å². The Morgan fingerprint density at radius 2 is 2.36 bits per heavy atom. The topological polar surface area (TPSA) is 12.0 Å². The predicted molar refractivity (Wildman–Crippen MR) is 47.1 cm³/mol. The van der Waals surface area contributed by atoms with Crippen LogP contribution in [0.4, 0.5) is 0 Å². The van der Waals surface area contributed by atoms with Crippen LogP contribution in [0.15, 0.2) is 36.1 Å².